The topological polar surface area (TPSA) is 66.5 Å². The summed E-state index contributed by atoms with van der Waals surface area (Å²) in [6.45, 7) is 0.474. The molecule has 1 unspecified atom stereocenters. The third-order valence-corrected chi connectivity index (χ3v) is 5.17. The molecule has 2 fully saturated rings. The number of amides is 1. The summed E-state index contributed by atoms with van der Waals surface area (Å²) < 4.78 is 24.5. The zero-order valence-electron chi connectivity index (χ0n) is 10.9. The quantitative estimate of drug-likeness (QED) is 0.830. The minimum absolute atomic E-state index is 0.107. The molecular weight excluding hydrogens is 252 g/mol. The van der Waals surface area contributed by atoms with Gasteiger partial charge in [0.25, 0.3) is 0 Å². The molecule has 6 heteroatoms. The van der Waals surface area contributed by atoms with Gasteiger partial charge in [0.05, 0.1) is 6.26 Å². The van der Waals surface area contributed by atoms with Gasteiger partial charge in [-0.15, -0.1) is 0 Å². The van der Waals surface area contributed by atoms with Crippen molar-refractivity contribution in [3.8, 4) is 0 Å². The molecule has 104 valence electrons. The third kappa shape index (κ3) is 3.23. The highest BCUT2D eigenvalue weighted by Crippen LogP contribution is 2.22. The predicted octanol–water partition coefficient (Wildman–Crippen LogP) is 0.859. The van der Waals surface area contributed by atoms with E-state index in [9.17, 15) is 13.2 Å². The largest absolute Gasteiger partial charge is 0.352 e. The van der Waals surface area contributed by atoms with Gasteiger partial charge in [0.2, 0.25) is 15.9 Å². The van der Waals surface area contributed by atoms with E-state index in [0.29, 0.717) is 13.0 Å². The first kappa shape index (κ1) is 13.8. The van der Waals surface area contributed by atoms with Crippen LogP contribution in [-0.2, 0) is 14.8 Å². The van der Waals surface area contributed by atoms with Gasteiger partial charge >= 0.3 is 0 Å². The smallest absolute Gasteiger partial charge is 0.238 e. The zero-order chi connectivity index (χ0) is 13.2. The maximum absolute atomic E-state index is 12.2. The molecule has 1 aliphatic heterocycles. The highest BCUT2D eigenvalue weighted by molar-refractivity contribution is 7.88. The van der Waals surface area contributed by atoms with E-state index in [1.165, 1.54) is 17.0 Å². The lowest BCUT2D eigenvalue weighted by Crippen LogP contribution is -2.48. The highest BCUT2D eigenvalue weighted by Gasteiger charge is 2.37. The van der Waals surface area contributed by atoms with Crippen molar-refractivity contribution in [2.24, 2.45) is 0 Å². The van der Waals surface area contributed by atoms with Crippen LogP contribution in [0.4, 0.5) is 0 Å². The molecule has 0 bridgehead atoms. The van der Waals surface area contributed by atoms with Crippen LogP contribution in [0.25, 0.3) is 0 Å². The van der Waals surface area contributed by atoms with Crippen LogP contribution < -0.4 is 5.32 Å². The van der Waals surface area contributed by atoms with E-state index in [2.05, 4.69) is 5.32 Å². The normalized spacial score (nSPS) is 27.3. The van der Waals surface area contributed by atoms with Gasteiger partial charge in [-0.2, -0.15) is 4.31 Å². The van der Waals surface area contributed by atoms with Crippen LogP contribution in [0.2, 0.25) is 0 Å². The van der Waals surface area contributed by atoms with Crippen molar-refractivity contribution >= 4 is 15.9 Å². The minimum atomic E-state index is -3.27. The molecule has 0 aromatic carbocycles. The van der Waals surface area contributed by atoms with Crippen LogP contribution >= 0.6 is 0 Å². The SMILES string of the molecule is CS(=O)(=O)N1CCCC1C(=O)NC1CCCCC1. The maximum Gasteiger partial charge on any atom is 0.238 e. The Balaban J connectivity index is 1.95. The van der Waals surface area contributed by atoms with Crippen molar-refractivity contribution in [2.75, 3.05) is 12.8 Å². The summed E-state index contributed by atoms with van der Waals surface area (Å²) in [5.74, 6) is -0.107. The molecule has 1 amide bonds. The molecule has 0 aromatic rings. The lowest BCUT2D eigenvalue weighted by Gasteiger charge is -2.27. The molecule has 2 rings (SSSR count). The van der Waals surface area contributed by atoms with Crippen LogP contribution in [-0.4, -0.2) is 43.5 Å². The molecule has 0 radical (unpaired) electrons. The summed E-state index contributed by atoms with van der Waals surface area (Å²) in [6.07, 6.45) is 8.21. The number of carbonyl (C=O) groups is 1. The Labute approximate surface area is 109 Å². The van der Waals surface area contributed by atoms with Crippen LogP contribution in [0, 0.1) is 0 Å². The van der Waals surface area contributed by atoms with Gasteiger partial charge in [-0.05, 0) is 25.7 Å². The van der Waals surface area contributed by atoms with E-state index >= 15 is 0 Å². The summed E-state index contributed by atoms with van der Waals surface area (Å²) in [5, 5.41) is 3.02. The second kappa shape index (κ2) is 5.57. The van der Waals surface area contributed by atoms with Crippen molar-refractivity contribution in [1.29, 1.82) is 0 Å². The summed E-state index contributed by atoms with van der Waals surface area (Å²) in [4.78, 5) is 12.2. The van der Waals surface area contributed by atoms with Crippen LogP contribution in [0.15, 0.2) is 0 Å². The Hall–Kier alpha value is -0.620. The van der Waals surface area contributed by atoms with Crippen molar-refractivity contribution in [3.05, 3.63) is 0 Å². The number of rotatable bonds is 3. The molecule has 1 saturated carbocycles. The number of carbonyl (C=O) groups excluding carboxylic acids is 1. The average molecular weight is 274 g/mol. The second-order valence-electron chi connectivity index (χ2n) is 5.38. The average Bonchev–Trinajstić information content (AvgIpc) is 2.79. The minimum Gasteiger partial charge on any atom is -0.352 e. The lowest BCUT2D eigenvalue weighted by atomic mass is 9.95. The molecule has 1 saturated heterocycles. The van der Waals surface area contributed by atoms with E-state index in [-0.39, 0.29) is 11.9 Å². The monoisotopic (exact) mass is 274 g/mol. The molecule has 18 heavy (non-hydrogen) atoms. The van der Waals surface area contributed by atoms with Crippen LogP contribution in [0.1, 0.15) is 44.9 Å². The summed E-state index contributed by atoms with van der Waals surface area (Å²) in [5.41, 5.74) is 0. The second-order valence-corrected chi connectivity index (χ2v) is 7.31. The van der Waals surface area contributed by atoms with Gasteiger partial charge in [-0.3, -0.25) is 4.79 Å². The van der Waals surface area contributed by atoms with Gasteiger partial charge in [0.1, 0.15) is 6.04 Å². The molecule has 5 nitrogen and oxygen atoms in total. The van der Waals surface area contributed by atoms with E-state index in [1.807, 2.05) is 0 Å². The summed E-state index contributed by atoms with van der Waals surface area (Å²) in [6, 6.07) is -0.241. The number of sulfonamides is 1. The first-order chi connectivity index (χ1) is 8.48. The highest BCUT2D eigenvalue weighted by atomic mass is 32.2. The van der Waals surface area contributed by atoms with Crippen molar-refractivity contribution < 1.29 is 13.2 Å². The number of nitrogens with one attached hydrogen (secondary N) is 1. The number of nitrogens with zero attached hydrogens (tertiary/aromatic N) is 1. The van der Waals surface area contributed by atoms with Crippen molar-refractivity contribution in [2.45, 2.75) is 57.0 Å². The lowest BCUT2D eigenvalue weighted by molar-refractivity contribution is -0.125. The standard InChI is InChI=1S/C12H22N2O3S/c1-18(16,17)14-9-5-8-11(14)12(15)13-10-6-3-2-4-7-10/h10-11H,2-9H2,1H3,(H,13,15). The first-order valence-electron chi connectivity index (χ1n) is 6.75. The maximum atomic E-state index is 12.2. The molecule has 1 atom stereocenters. The van der Waals surface area contributed by atoms with E-state index in [0.717, 1.165) is 32.1 Å². The Morgan fingerprint density at radius 3 is 2.39 bits per heavy atom. The summed E-state index contributed by atoms with van der Waals surface area (Å²) >= 11 is 0. The van der Waals surface area contributed by atoms with Crippen molar-refractivity contribution in [3.63, 3.8) is 0 Å². The fourth-order valence-corrected chi connectivity index (χ4v) is 4.07. The fourth-order valence-electron chi connectivity index (χ4n) is 2.94. The van der Waals surface area contributed by atoms with Gasteiger partial charge in [-0.1, -0.05) is 19.3 Å². The van der Waals surface area contributed by atoms with Gasteiger partial charge in [0.15, 0.2) is 0 Å². The fraction of sp³-hybridized carbons (Fsp3) is 0.917. The Morgan fingerprint density at radius 1 is 1.11 bits per heavy atom. The number of hydrogen-bond acceptors (Lipinski definition) is 3. The molecule has 2 aliphatic rings. The van der Waals surface area contributed by atoms with E-state index in [1.54, 1.807) is 0 Å². The Bertz CT molecular complexity index is 402. The van der Waals surface area contributed by atoms with Gasteiger partial charge in [-0.25, -0.2) is 8.42 Å². The molecule has 1 aliphatic carbocycles. The van der Waals surface area contributed by atoms with Crippen molar-refractivity contribution in [1.82, 2.24) is 9.62 Å². The third-order valence-electron chi connectivity index (χ3n) is 3.88. The zero-order valence-corrected chi connectivity index (χ0v) is 11.7. The Kier molecular flexibility index (Phi) is 4.27. The van der Waals surface area contributed by atoms with Crippen LogP contribution in [0.3, 0.4) is 0 Å². The van der Waals surface area contributed by atoms with E-state index < -0.39 is 16.1 Å². The molecular formula is C12H22N2O3S. The number of hydrogen-bond donors (Lipinski definition) is 1. The predicted molar refractivity (Wildman–Crippen MR) is 69.6 cm³/mol. The Morgan fingerprint density at radius 2 is 1.78 bits per heavy atom. The molecule has 1 heterocycles. The summed E-state index contributed by atoms with van der Waals surface area (Å²) in [7, 11) is -3.27. The molecule has 1 N–H and O–H groups in total. The molecule has 0 aromatic heterocycles. The first-order valence-corrected chi connectivity index (χ1v) is 8.60. The van der Waals surface area contributed by atoms with Crippen LogP contribution in [0.5, 0.6) is 0 Å². The van der Waals surface area contributed by atoms with Gasteiger partial charge < -0.3 is 5.32 Å². The molecule has 0 spiro atoms. The van der Waals surface area contributed by atoms with E-state index in [4.69, 9.17) is 0 Å². The van der Waals surface area contributed by atoms with Gasteiger partial charge in [0, 0.05) is 12.6 Å².